The maximum atomic E-state index is 4.44. The van der Waals surface area contributed by atoms with E-state index in [1.807, 2.05) is 30.5 Å². The first-order chi connectivity index (χ1) is 10.8. The van der Waals surface area contributed by atoms with Gasteiger partial charge < -0.3 is 9.13 Å². The largest absolute Gasteiger partial charge is 0.334 e. The van der Waals surface area contributed by atoms with Crippen molar-refractivity contribution in [1.82, 2.24) is 19.1 Å². The standard InChI is InChI=1S/C18H16N4/c1-21-13-20-16-11-14(6-7-18(16)21)10-15-4-2-3-5-17(15)22-9-8-19-12-22/h2-9,11-13H,10H2,1H3. The van der Waals surface area contributed by atoms with Crippen LogP contribution in [0, 0.1) is 0 Å². The number of hydrogen-bond acceptors (Lipinski definition) is 2. The second-order valence-corrected chi connectivity index (χ2v) is 5.45. The van der Waals surface area contributed by atoms with E-state index in [9.17, 15) is 0 Å². The normalized spacial score (nSPS) is 11.1. The van der Waals surface area contributed by atoms with Gasteiger partial charge in [-0.05, 0) is 35.7 Å². The van der Waals surface area contributed by atoms with Crippen LogP contribution in [0.25, 0.3) is 16.7 Å². The quantitative estimate of drug-likeness (QED) is 0.579. The van der Waals surface area contributed by atoms with E-state index in [0.717, 1.165) is 17.5 Å². The van der Waals surface area contributed by atoms with Gasteiger partial charge in [0.25, 0.3) is 0 Å². The van der Waals surface area contributed by atoms with E-state index in [-0.39, 0.29) is 0 Å². The molecule has 4 aromatic rings. The molecule has 0 saturated heterocycles. The maximum absolute atomic E-state index is 4.44. The fourth-order valence-electron chi connectivity index (χ4n) is 2.83. The Morgan fingerprint density at radius 3 is 2.82 bits per heavy atom. The van der Waals surface area contributed by atoms with Crippen molar-refractivity contribution in [3.8, 4) is 5.69 Å². The fourth-order valence-corrected chi connectivity index (χ4v) is 2.83. The fraction of sp³-hybridized carbons (Fsp3) is 0.111. The number of hydrogen-bond donors (Lipinski definition) is 0. The highest BCUT2D eigenvalue weighted by atomic mass is 15.0. The van der Waals surface area contributed by atoms with Crippen molar-refractivity contribution in [3.63, 3.8) is 0 Å². The molecule has 0 amide bonds. The van der Waals surface area contributed by atoms with Crippen molar-refractivity contribution in [2.75, 3.05) is 0 Å². The molecule has 0 aliphatic rings. The average Bonchev–Trinajstić information content (AvgIpc) is 3.18. The minimum absolute atomic E-state index is 0.876. The van der Waals surface area contributed by atoms with E-state index in [1.165, 1.54) is 16.8 Å². The summed E-state index contributed by atoms with van der Waals surface area (Å²) in [5.74, 6) is 0. The highest BCUT2D eigenvalue weighted by molar-refractivity contribution is 5.76. The van der Waals surface area contributed by atoms with Crippen molar-refractivity contribution in [3.05, 3.63) is 78.6 Å². The van der Waals surface area contributed by atoms with Crippen molar-refractivity contribution in [2.45, 2.75) is 6.42 Å². The van der Waals surface area contributed by atoms with E-state index in [2.05, 4.69) is 57.0 Å². The van der Waals surface area contributed by atoms with Gasteiger partial charge in [0.05, 0.1) is 23.7 Å². The summed E-state index contributed by atoms with van der Waals surface area (Å²) in [5.41, 5.74) is 5.91. The molecule has 0 saturated carbocycles. The molecule has 0 spiro atoms. The van der Waals surface area contributed by atoms with Crippen LogP contribution >= 0.6 is 0 Å². The maximum Gasteiger partial charge on any atom is 0.0991 e. The molecular weight excluding hydrogens is 272 g/mol. The molecule has 0 aliphatic carbocycles. The molecule has 0 atom stereocenters. The van der Waals surface area contributed by atoms with Crippen LogP contribution in [0.1, 0.15) is 11.1 Å². The van der Waals surface area contributed by atoms with Gasteiger partial charge in [0.2, 0.25) is 0 Å². The Bertz CT molecular complexity index is 919. The second-order valence-electron chi connectivity index (χ2n) is 5.45. The molecule has 2 heterocycles. The number of imidazole rings is 2. The van der Waals surface area contributed by atoms with E-state index in [1.54, 1.807) is 6.20 Å². The summed E-state index contributed by atoms with van der Waals surface area (Å²) in [5, 5.41) is 0. The van der Waals surface area contributed by atoms with Crippen LogP contribution < -0.4 is 0 Å². The second kappa shape index (κ2) is 5.15. The Morgan fingerprint density at radius 2 is 1.95 bits per heavy atom. The molecular formula is C18H16N4. The third-order valence-corrected chi connectivity index (χ3v) is 3.96. The number of aryl methyl sites for hydroxylation is 1. The predicted octanol–water partition coefficient (Wildman–Crippen LogP) is 3.35. The van der Waals surface area contributed by atoms with Crippen LogP contribution in [-0.2, 0) is 13.5 Å². The van der Waals surface area contributed by atoms with E-state index < -0.39 is 0 Å². The summed E-state index contributed by atoms with van der Waals surface area (Å²) in [7, 11) is 2.02. The van der Waals surface area contributed by atoms with Gasteiger partial charge in [-0.1, -0.05) is 24.3 Å². The molecule has 108 valence electrons. The first-order valence-electron chi connectivity index (χ1n) is 7.27. The van der Waals surface area contributed by atoms with Gasteiger partial charge in [-0.25, -0.2) is 9.97 Å². The van der Waals surface area contributed by atoms with E-state index in [0.29, 0.717) is 0 Å². The lowest BCUT2D eigenvalue weighted by Crippen LogP contribution is -1.98. The van der Waals surface area contributed by atoms with Gasteiger partial charge in [0, 0.05) is 25.1 Å². The number of fused-ring (bicyclic) bond motifs is 1. The van der Waals surface area contributed by atoms with Crippen LogP contribution in [0.15, 0.2) is 67.5 Å². The van der Waals surface area contributed by atoms with Crippen molar-refractivity contribution in [1.29, 1.82) is 0 Å². The highest BCUT2D eigenvalue weighted by Gasteiger charge is 2.06. The minimum Gasteiger partial charge on any atom is -0.334 e. The lowest BCUT2D eigenvalue weighted by molar-refractivity contribution is 0.947. The minimum atomic E-state index is 0.876. The third-order valence-electron chi connectivity index (χ3n) is 3.96. The number of benzene rings is 2. The third kappa shape index (κ3) is 2.19. The van der Waals surface area contributed by atoms with Gasteiger partial charge in [-0.2, -0.15) is 0 Å². The lowest BCUT2D eigenvalue weighted by Gasteiger charge is -2.10. The lowest BCUT2D eigenvalue weighted by atomic mass is 10.0. The summed E-state index contributed by atoms with van der Waals surface area (Å²) in [6, 6.07) is 14.9. The van der Waals surface area contributed by atoms with Crippen molar-refractivity contribution < 1.29 is 0 Å². The zero-order valence-electron chi connectivity index (χ0n) is 12.3. The van der Waals surface area contributed by atoms with Gasteiger partial charge in [0.15, 0.2) is 0 Å². The SMILES string of the molecule is Cn1cnc2cc(Cc3ccccc3-n3ccnc3)ccc21. The zero-order chi connectivity index (χ0) is 14.9. The first kappa shape index (κ1) is 12.8. The summed E-state index contributed by atoms with van der Waals surface area (Å²) >= 11 is 0. The van der Waals surface area contributed by atoms with Gasteiger partial charge in [0.1, 0.15) is 0 Å². The number of para-hydroxylation sites is 1. The topological polar surface area (TPSA) is 35.6 Å². The Balaban J connectivity index is 1.73. The number of rotatable bonds is 3. The number of aromatic nitrogens is 4. The molecule has 0 radical (unpaired) electrons. The van der Waals surface area contributed by atoms with Crippen molar-refractivity contribution in [2.24, 2.45) is 7.05 Å². The molecule has 0 unspecified atom stereocenters. The van der Waals surface area contributed by atoms with Crippen LogP contribution in [-0.4, -0.2) is 19.1 Å². The smallest absolute Gasteiger partial charge is 0.0991 e. The molecule has 0 fully saturated rings. The van der Waals surface area contributed by atoms with Gasteiger partial charge in [-0.3, -0.25) is 0 Å². The summed E-state index contributed by atoms with van der Waals surface area (Å²) < 4.78 is 4.09. The Hall–Kier alpha value is -2.88. The molecule has 0 aliphatic heterocycles. The summed E-state index contributed by atoms with van der Waals surface area (Å²) in [6.07, 6.45) is 8.34. The zero-order valence-corrected chi connectivity index (χ0v) is 12.3. The van der Waals surface area contributed by atoms with E-state index in [4.69, 9.17) is 0 Å². The molecule has 0 N–H and O–H groups in total. The van der Waals surface area contributed by atoms with Gasteiger partial charge >= 0.3 is 0 Å². The Labute approximate surface area is 128 Å². The monoisotopic (exact) mass is 288 g/mol. The molecule has 22 heavy (non-hydrogen) atoms. The molecule has 2 aromatic carbocycles. The molecule has 4 nitrogen and oxygen atoms in total. The molecule has 4 heteroatoms. The summed E-state index contributed by atoms with van der Waals surface area (Å²) in [6.45, 7) is 0. The van der Waals surface area contributed by atoms with Crippen LogP contribution in [0.5, 0.6) is 0 Å². The summed E-state index contributed by atoms with van der Waals surface area (Å²) in [4.78, 5) is 8.58. The van der Waals surface area contributed by atoms with Crippen LogP contribution in [0.2, 0.25) is 0 Å². The molecule has 2 aromatic heterocycles. The first-order valence-corrected chi connectivity index (χ1v) is 7.27. The predicted molar refractivity (Wildman–Crippen MR) is 87.1 cm³/mol. The van der Waals surface area contributed by atoms with Crippen molar-refractivity contribution >= 4 is 11.0 Å². The Kier molecular flexibility index (Phi) is 3.00. The molecule has 0 bridgehead atoms. The highest BCUT2D eigenvalue weighted by Crippen LogP contribution is 2.20. The van der Waals surface area contributed by atoms with Gasteiger partial charge in [-0.15, -0.1) is 0 Å². The average molecular weight is 288 g/mol. The van der Waals surface area contributed by atoms with Crippen LogP contribution in [0.4, 0.5) is 0 Å². The van der Waals surface area contributed by atoms with Crippen LogP contribution in [0.3, 0.4) is 0 Å². The number of nitrogens with zero attached hydrogens (tertiary/aromatic N) is 4. The molecule has 4 rings (SSSR count). The van der Waals surface area contributed by atoms with E-state index >= 15 is 0 Å². The Morgan fingerprint density at radius 1 is 1.05 bits per heavy atom.